The van der Waals surface area contributed by atoms with E-state index >= 15 is 0 Å². The maximum Gasteiger partial charge on any atom is 0.229 e. The number of aromatic nitrogens is 2. The number of nitrogens with zero attached hydrogens (tertiary/aromatic N) is 2. The molecular weight excluding hydrogens is 218 g/mol. The molecule has 0 aromatic carbocycles. The summed E-state index contributed by atoms with van der Waals surface area (Å²) in [6.07, 6.45) is 5.92. The van der Waals surface area contributed by atoms with Crippen LogP contribution in [0.25, 0.3) is 0 Å². The Morgan fingerprint density at radius 3 is 2.82 bits per heavy atom. The molecule has 1 fully saturated rings. The average molecular weight is 239 g/mol. The van der Waals surface area contributed by atoms with Crippen molar-refractivity contribution in [3.8, 4) is 0 Å². The molecule has 0 radical (unpaired) electrons. The number of rotatable bonds is 6. The molecule has 0 atom stereocenters. The van der Waals surface area contributed by atoms with Crippen LogP contribution in [0.3, 0.4) is 0 Å². The zero-order valence-electron chi connectivity index (χ0n) is 10.4. The van der Waals surface area contributed by atoms with Gasteiger partial charge in [0.1, 0.15) is 0 Å². The van der Waals surface area contributed by atoms with Crippen LogP contribution >= 0.6 is 0 Å². The Morgan fingerprint density at radius 1 is 1.35 bits per heavy atom. The number of nitrogens with two attached hydrogens (primary N) is 1. The van der Waals surface area contributed by atoms with Gasteiger partial charge in [-0.3, -0.25) is 0 Å². The van der Waals surface area contributed by atoms with Gasteiger partial charge in [0.25, 0.3) is 0 Å². The maximum absolute atomic E-state index is 6.25. The molecule has 1 aliphatic rings. The van der Waals surface area contributed by atoms with Crippen LogP contribution in [0.4, 0.5) is 0 Å². The highest BCUT2D eigenvalue weighted by atomic mass is 16.5. The molecule has 1 aromatic rings. The number of ether oxygens (including phenoxy) is 1. The molecular formula is C12H21N3O2. The molecule has 5 nitrogen and oxygen atoms in total. The van der Waals surface area contributed by atoms with E-state index in [1.165, 1.54) is 0 Å². The van der Waals surface area contributed by atoms with Gasteiger partial charge in [-0.05, 0) is 19.3 Å². The van der Waals surface area contributed by atoms with Crippen molar-refractivity contribution < 1.29 is 9.26 Å². The monoisotopic (exact) mass is 239 g/mol. The van der Waals surface area contributed by atoms with Crippen molar-refractivity contribution in [2.45, 2.75) is 51.0 Å². The summed E-state index contributed by atoms with van der Waals surface area (Å²) in [6.45, 7) is 3.50. The molecule has 96 valence electrons. The molecule has 2 rings (SSSR count). The SMILES string of the molecule is CCCOCCc1nc(C2(N)CCCC2)no1. The molecule has 0 spiro atoms. The van der Waals surface area contributed by atoms with Crippen molar-refractivity contribution in [1.29, 1.82) is 0 Å². The summed E-state index contributed by atoms with van der Waals surface area (Å²) in [7, 11) is 0. The smallest absolute Gasteiger partial charge is 0.229 e. The standard InChI is InChI=1S/C12H21N3O2/c1-2-8-16-9-5-10-14-11(15-17-10)12(13)6-3-4-7-12/h2-9,13H2,1H3. The van der Waals surface area contributed by atoms with Crippen molar-refractivity contribution in [3.05, 3.63) is 11.7 Å². The van der Waals surface area contributed by atoms with Crippen molar-refractivity contribution in [1.82, 2.24) is 10.1 Å². The Hall–Kier alpha value is -0.940. The van der Waals surface area contributed by atoms with Gasteiger partial charge in [-0.2, -0.15) is 4.98 Å². The minimum atomic E-state index is -0.355. The van der Waals surface area contributed by atoms with Gasteiger partial charge in [0, 0.05) is 6.61 Å². The summed E-state index contributed by atoms with van der Waals surface area (Å²) in [5.74, 6) is 1.30. The maximum atomic E-state index is 6.25. The lowest BCUT2D eigenvalue weighted by Gasteiger charge is -2.17. The third kappa shape index (κ3) is 3.04. The summed E-state index contributed by atoms with van der Waals surface area (Å²) in [4.78, 5) is 4.38. The second kappa shape index (κ2) is 5.60. The van der Waals surface area contributed by atoms with E-state index in [1.54, 1.807) is 0 Å². The Labute approximate surface area is 102 Å². The summed E-state index contributed by atoms with van der Waals surface area (Å²) in [6, 6.07) is 0. The average Bonchev–Trinajstić information content (AvgIpc) is 2.94. The van der Waals surface area contributed by atoms with Gasteiger partial charge in [-0.1, -0.05) is 24.9 Å². The highest BCUT2D eigenvalue weighted by molar-refractivity contribution is 5.06. The first-order valence-corrected chi connectivity index (χ1v) is 6.44. The molecule has 0 saturated heterocycles. The van der Waals surface area contributed by atoms with E-state index in [1.807, 2.05) is 0 Å². The second-order valence-electron chi connectivity index (χ2n) is 4.74. The fourth-order valence-corrected chi connectivity index (χ4v) is 2.19. The molecule has 1 aliphatic carbocycles. The summed E-state index contributed by atoms with van der Waals surface area (Å²) >= 11 is 0. The second-order valence-corrected chi connectivity index (χ2v) is 4.74. The highest BCUT2D eigenvalue weighted by Gasteiger charge is 2.35. The van der Waals surface area contributed by atoms with E-state index < -0.39 is 0 Å². The predicted molar refractivity (Wildman–Crippen MR) is 63.4 cm³/mol. The van der Waals surface area contributed by atoms with Gasteiger partial charge in [0.15, 0.2) is 5.82 Å². The van der Waals surface area contributed by atoms with E-state index in [0.29, 0.717) is 24.7 Å². The topological polar surface area (TPSA) is 74.2 Å². The Kier molecular flexibility index (Phi) is 4.12. The molecule has 2 N–H and O–H groups in total. The molecule has 17 heavy (non-hydrogen) atoms. The molecule has 1 aromatic heterocycles. The Bertz CT molecular complexity index is 345. The van der Waals surface area contributed by atoms with Crippen LogP contribution < -0.4 is 5.73 Å². The molecule has 0 bridgehead atoms. The first kappa shape index (κ1) is 12.5. The third-order valence-electron chi connectivity index (χ3n) is 3.22. The van der Waals surface area contributed by atoms with Crippen LogP contribution in [0.1, 0.15) is 50.7 Å². The van der Waals surface area contributed by atoms with Crippen LogP contribution in [0.15, 0.2) is 4.52 Å². The van der Waals surface area contributed by atoms with Gasteiger partial charge in [-0.25, -0.2) is 0 Å². The van der Waals surface area contributed by atoms with Crippen molar-refractivity contribution in [2.75, 3.05) is 13.2 Å². The van der Waals surface area contributed by atoms with E-state index in [-0.39, 0.29) is 5.54 Å². The first-order chi connectivity index (χ1) is 8.24. The van der Waals surface area contributed by atoms with E-state index in [0.717, 1.165) is 38.7 Å². The zero-order chi connectivity index (χ0) is 12.1. The third-order valence-corrected chi connectivity index (χ3v) is 3.22. The van der Waals surface area contributed by atoms with E-state index in [9.17, 15) is 0 Å². The van der Waals surface area contributed by atoms with Crippen molar-refractivity contribution in [3.63, 3.8) is 0 Å². The number of hydrogen-bond donors (Lipinski definition) is 1. The highest BCUT2D eigenvalue weighted by Crippen LogP contribution is 2.34. The normalized spacial score (nSPS) is 18.7. The molecule has 0 unspecified atom stereocenters. The summed E-state index contributed by atoms with van der Waals surface area (Å²) in [5, 5.41) is 4.00. The van der Waals surface area contributed by atoms with Gasteiger partial charge >= 0.3 is 0 Å². The number of hydrogen-bond acceptors (Lipinski definition) is 5. The van der Waals surface area contributed by atoms with Crippen LogP contribution in [0.2, 0.25) is 0 Å². The van der Waals surface area contributed by atoms with Crippen LogP contribution in [0.5, 0.6) is 0 Å². The van der Waals surface area contributed by atoms with Gasteiger partial charge in [0.2, 0.25) is 5.89 Å². The molecule has 0 amide bonds. The van der Waals surface area contributed by atoms with Crippen molar-refractivity contribution >= 4 is 0 Å². The van der Waals surface area contributed by atoms with Gasteiger partial charge in [0.05, 0.1) is 18.6 Å². The van der Waals surface area contributed by atoms with Gasteiger partial charge in [-0.15, -0.1) is 0 Å². The van der Waals surface area contributed by atoms with Crippen LogP contribution in [0, 0.1) is 0 Å². The predicted octanol–water partition coefficient (Wildman–Crippen LogP) is 1.77. The van der Waals surface area contributed by atoms with Crippen LogP contribution in [-0.4, -0.2) is 23.4 Å². The zero-order valence-corrected chi connectivity index (χ0v) is 10.4. The van der Waals surface area contributed by atoms with Gasteiger partial charge < -0.3 is 15.0 Å². The van der Waals surface area contributed by atoms with E-state index in [4.69, 9.17) is 15.0 Å². The Balaban J connectivity index is 1.87. The van der Waals surface area contributed by atoms with Crippen molar-refractivity contribution in [2.24, 2.45) is 5.73 Å². The lowest BCUT2D eigenvalue weighted by molar-refractivity contribution is 0.132. The minimum absolute atomic E-state index is 0.355. The molecule has 1 heterocycles. The summed E-state index contributed by atoms with van der Waals surface area (Å²) < 4.78 is 10.6. The molecule has 0 aliphatic heterocycles. The minimum Gasteiger partial charge on any atom is -0.381 e. The molecule has 1 saturated carbocycles. The van der Waals surface area contributed by atoms with Crippen LogP contribution in [-0.2, 0) is 16.7 Å². The lowest BCUT2D eigenvalue weighted by Crippen LogP contribution is -2.34. The fraction of sp³-hybridized carbons (Fsp3) is 0.833. The lowest BCUT2D eigenvalue weighted by atomic mass is 9.99. The fourth-order valence-electron chi connectivity index (χ4n) is 2.19. The largest absolute Gasteiger partial charge is 0.381 e. The first-order valence-electron chi connectivity index (χ1n) is 6.44. The quantitative estimate of drug-likeness (QED) is 0.766. The summed E-state index contributed by atoms with van der Waals surface area (Å²) in [5.41, 5.74) is 5.90. The molecule has 5 heteroatoms. The Morgan fingerprint density at radius 2 is 2.12 bits per heavy atom. The van der Waals surface area contributed by atoms with E-state index in [2.05, 4.69) is 17.1 Å².